The van der Waals surface area contributed by atoms with Crippen molar-refractivity contribution in [2.24, 2.45) is 11.8 Å². The molecule has 1 aromatic carbocycles. The van der Waals surface area contributed by atoms with Crippen molar-refractivity contribution in [3.63, 3.8) is 0 Å². The van der Waals surface area contributed by atoms with E-state index in [0.717, 1.165) is 17.7 Å². The molecule has 3 nitrogen and oxygen atoms in total. The van der Waals surface area contributed by atoms with Gasteiger partial charge in [-0.25, -0.2) is 4.79 Å². The van der Waals surface area contributed by atoms with Gasteiger partial charge < -0.3 is 10.4 Å². The van der Waals surface area contributed by atoms with Gasteiger partial charge in [-0.3, -0.25) is 0 Å². The van der Waals surface area contributed by atoms with Crippen LogP contribution in [0, 0.1) is 18.8 Å². The third kappa shape index (κ3) is 2.50. The SMILES string of the molecule is Cc1ccc(C(=O)O)c(NC2CCC(C)C2C)c1. The lowest BCUT2D eigenvalue weighted by Gasteiger charge is -2.22. The largest absolute Gasteiger partial charge is 0.478 e. The van der Waals surface area contributed by atoms with Gasteiger partial charge in [0.1, 0.15) is 0 Å². The van der Waals surface area contributed by atoms with Gasteiger partial charge in [-0.05, 0) is 49.3 Å². The van der Waals surface area contributed by atoms with Crippen molar-refractivity contribution < 1.29 is 9.90 Å². The smallest absolute Gasteiger partial charge is 0.337 e. The van der Waals surface area contributed by atoms with Crippen LogP contribution in [0.2, 0.25) is 0 Å². The first kappa shape index (κ1) is 12.9. The molecule has 2 N–H and O–H groups in total. The highest BCUT2D eigenvalue weighted by molar-refractivity contribution is 5.94. The summed E-state index contributed by atoms with van der Waals surface area (Å²) < 4.78 is 0. The number of carboxylic acid groups (broad SMARTS) is 1. The van der Waals surface area contributed by atoms with Gasteiger partial charge in [-0.15, -0.1) is 0 Å². The Balaban J connectivity index is 2.23. The second kappa shape index (κ2) is 5.01. The van der Waals surface area contributed by atoms with Gasteiger partial charge in [0.2, 0.25) is 0 Å². The van der Waals surface area contributed by atoms with Gasteiger partial charge in [0.05, 0.1) is 5.56 Å². The summed E-state index contributed by atoms with van der Waals surface area (Å²) in [4.78, 5) is 11.2. The Morgan fingerprint density at radius 2 is 2.06 bits per heavy atom. The van der Waals surface area contributed by atoms with Crippen LogP contribution in [-0.4, -0.2) is 17.1 Å². The zero-order chi connectivity index (χ0) is 13.3. The van der Waals surface area contributed by atoms with E-state index < -0.39 is 5.97 Å². The fourth-order valence-electron chi connectivity index (χ4n) is 2.73. The molecule has 0 amide bonds. The van der Waals surface area contributed by atoms with Crippen molar-refractivity contribution in [3.8, 4) is 0 Å². The zero-order valence-corrected chi connectivity index (χ0v) is 11.2. The molecule has 0 bridgehead atoms. The van der Waals surface area contributed by atoms with Crippen LogP contribution in [0.1, 0.15) is 42.6 Å². The highest BCUT2D eigenvalue weighted by Gasteiger charge is 2.30. The van der Waals surface area contributed by atoms with E-state index >= 15 is 0 Å². The monoisotopic (exact) mass is 247 g/mol. The minimum atomic E-state index is -0.865. The molecule has 0 aliphatic heterocycles. The highest BCUT2D eigenvalue weighted by Crippen LogP contribution is 2.34. The zero-order valence-electron chi connectivity index (χ0n) is 11.2. The van der Waals surface area contributed by atoms with Crippen molar-refractivity contribution in [2.75, 3.05) is 5.32 Å². The molecule has 1 aliphatic rings. The van der Waals surface area contributed by atoms with E-state index in [0.29, 0.717) is 23.4 Å². The third-order valence-electron chi connectivity index (χ3n) is 4.21. The molecule has 3 heteroatoms. The molecule has 1 aliphatic carbocycles. The number of benzene rings is 1. The Hall–Kier alpha value is -1.51. The number of anilines is 1. The first-order valence-corrected chi connectivity index (χ1v) is 6.59. The predicted octanol–water partition coefficient (Wildman–Crippen LogP) is 3.54. The molecule has 0 aromatic heterocycles. The summed E-state index contributed by atoms with van der Waals surface area (Å²) in [6.07, 6.45) is 2.34. The molecular formula is C15H21NO2. The molecule has 18 heavy (non-hydrogen) atoms. The Morgan fingerprint density at radius 1 is 1.33 bits per heavy atom. The minimum absolute atomic E-state index is 0.368. The molecule has 98 valence electrons. The summed E-state index contributed by atoms with van der Waals surface area (Å²) in [6, 6.07) is 5.84. The Labute approximate surface area is 108 Å². The van der Waals surface area contributed by atoms with Crippen LogP contribution < -0.4 is 5.32 Å². The van der Waals surface area contributed by atoms with Gasteiger partial charge in [0.15, 0.2) is 0 Å². The average molecular weight is 247 g/mol. The summed E-state index contributed by atoms with van der Waals surface area (Å²) in [5.74, 6) is 0.434. The molecule has 0 spiro atoms. The number of hydrogen-bond donors (Lipinski definition) is 2. The quantitative estimate of drug-likeness (QED) is 0.859. The van der Waals surface area contributed by atoms with Gasteiger partial charge in [-0.2, -0.15) is 0 Å². The standard InChI is InChI=1S/C15H21NO2/c1-9-4-6-12(15(17)18)14(8-9)16-13-7-5-10(2)11(13)3/h4,6,8,10-11,13,16H,5,7H2,1-3H3,(H,17,18). The van der Waals surface area contributed by atoms with E-state index in [4.69, 9.17) is 0 Å². The molecule has 2 rings (SSSR count). The van der Waals surface area contributed by atoms with Crippen LogP contribution >= 0.6 is 0 Å². The fourth-order valence-corrected chi connectivity index (χ4v) is 2.73. The number of carbonyl (C=O) groups is 1. The Morgan fingerprint density at radius 3 is 2.61 bits per heavy atom. The predicted molar refractivity (Wildman–Crippen MR) is 73.1 cm³/mol. The number of aryl methyl sites for hydroxylation is 1. The number of carboxylic acids is 1. The normalized spacial score (nSPS) is 27.2. The highest BCUT2D eigenvalue weighted by atomic mass is 16.4. The average Bonchev–Trinajstić information content (AvgIpc) is 2.61. The molecular weight excluding hydrogens is 226 g/mol. The van der Waals surface area contributed by atoms with E-state index in [1.807, 2.05) is 19.1 Å². The van der Waals surface area contributed by atoms with Crippen LogP contribution in [0.15, 0.2) is 18.2 Å². The molecule has 0 heterocycles. The van der Waals surface area contributed by atoms with Gasteiger partial charge in [0.25, 0.3) is 0 Å². The Kier molecular flexibility index (Phi) is 3.60. The topological polar surface area (TPSA) is 49.3 Å². The van der Waals surface area contributed by atoms with Crippen LogP contribution in [0.5, 0.6) is 0 Å². The molecule has 3 atom stereocenters. The van der Waals surface area contributed by atoms with Crippen LogP contribution in [0.25, 0.3) is 0 Å². The van der Waals surface area contributed by atoms with E-state index in [1.54, 1.807) is 6.07 Å². The second-order valence-corrected chi connectivity index (χ2v) is 5.52. The van der Waals surface area contributed by atoms with Gasteiger partial charge in [-0.1, -0.05) is 19.9 Å². The lowest BCUT2D eigenvalue weighted by atomic mass is 9.97. The summed E-state index contributed by atoms with van der Waals surface area (Å²) in [7, 11) is 0. The van der Waals surface area contributed by atoms with Crippen LogP contribution in [0.4, 0.5) is 5.69 Å². The Bertz CT molecular complexity index is 456. The van der Waals surface area contributed by atoms with E-state index in [2.05, 4.69) is 19.2 Å². The van der Waals surface area contributed by atoms with Crippen molar-refractivity contribution in [2.45, 2.75) is 39.7 Å². The van der Waals surface area contributed by atoms with Crippen LogP contribution in [0.3, 0.4) is 0 Å². The fraction of sp³-hybridized carbons (Fsp3) is 0.533. The number of aromatic carboxylic acids is 1. The lowest BCUT2D eigenvalue weighted by Crippen LogP contribution is -2.25. The first-order chi connectivity index (χ1) is 8.49. The van der Waals surface area contributed by atoms with E-state index in [9.17, 15) is 9.90 Å². The van der Waals surface area contributed by atoms with E-state index in [1.165, 1.54) is 6.42 Å². The molecule has 0 saturated heterocycles. The van der Waals surface area contributed by atoms with Crippen molar-refractivity contribution in [1.29, 1.82) is 0 Å². The lowest BCUT2D eigenvalue weighted by molar-refractivity contribution is 0.0698. The third-order valence-corrected chi connectivity index (χ3v) is 4.21. The molecule has 1 saturated carbocycles. The summed E-state index contributed by atoms with van der Waals surface area (Å²) in [5, 5.41) is 12.6. The second-order valence-electron chi connectivity index (χ2n) is 5.52. The van der Waals surface area contributed by atoms with E-state index in [-0.39, 0.29) is 0 Å². The van der Waals surface area contributed by atoms with Crippen molar-refractivity contribution >= 4 is 11.7 Å². The maximum absolute atomic E-state index is 11.2. The maximum atomic E-state index is 11.2. The van der Waals surface area contributed by atoms with Crippen LogP contribution in [-0.2, 0) is 0 Å². The number of hydrogen-bond acceptors (Lipinski definition) is 2. The van der Waals surface area contributed by atoms with Crippen molar-refractivity contribution in [3.05, 3.63) is 29.3 Å². The molecule has 3 unspecified atom stereocenters. The number of rotatable bonds is 3. The van der Waals surface area contributed by atoms with Crippen molar-refractivity contribution in [1.82, 2.24) is 0 Å². The van der Waals surface area contributed by atoms with Gasteiger partial charge in [0, 0.05) is 11.7 Å². The maximum Gasteiger partial charge on any atom is 0.337 e. The summed E-state index contributed by atoms with van der Waals surface area (Å²) >= 11 is 0. The molecule has 1 aromatic rings. The molecule has 1 fully saturated rings. The minimum Gasteiger partial charge on any atom is -0.478 e. The number of nitrogens with one attached hydrogen (secondary N) is 1. The van der Waals surface area contributed by atoms with Gasteiger partial charge >= 0.3 is 5.97 Å². The molecule has 0 radical (unpaired) electrons. The first-order valence-electron chi connectivity index (χ1n) is 6.59. The summed E-state index contributed by atoms with van der Waals surface area (Å²) in [6.45, 7) is 6.49. The summed E-state index contributed by atoms with van der Waals surface area (Å²) in [5.41, 5.74) is 2.21.